The Morgan fingerprint density at radius 1 is 1.10 bits per heavy atom. The van der Waals surface area contributed by atoms with Crippen LogP contribution in [0.15, 0.2) is 54.6 Å². The Kier molecular flexibility index (Phi) is 3.28. The topological polar surface area (TPSA) is 59.4 Å². The van der Waals surface area contributed by atoms with Crippen molar-refractivity contribution in [3.63, 3.8) is 0 Å². The summed E-state index contributed by atoms with van der Waals surface area (Å²) in [6.07, 6.45) is 0. The van der Waals surface area contributed by atoms with E-state index in [1.807, 2.05) is 49.4 Å². The lowest BCUT2D eigenvalue weighted by Gasteiger charge is -2.10. The molecule has 0 bridgehead atoms. The summed E-state index contributed by atoms with van der Waals surface area (Å²) < 4.78 is 5.86. The van der Waals surface area contributed by atoms with Crippen LogP contribution < -0.4 is 4.74 Å². The summed E-state index contributed by atoms with van der Waals surface area (Å²) in [4.78, 5) is 15.3. The zero-order valence-corrected chi connectivity index (χ0v) is 11.4. The standard InChI is InChI=1S/C17H13NO3/c1-11-5-4-6-12(9-11)21-16-10-15(17(19)20)18-14-8-3-2-7-13(14)16/h2-10H,1H3,(H,19,20). The molecule has 2 aromatic carbocycles. The van der Waals surface area contributed by atoms with Crippen LogP contribution in [0, 0.1) is 6.92 Å². The predicted molar refractivity (Wildman–Crippen MR) is 80.0 cm³/mol. The average Bonchev–Trinajstić information content (AvgIpc) is 2.47. The van der Waals surface area contributed by atoms with Gasteiger partial charge in [0.2, 0.25) is 0 Å². The van der Waals surface area contributed by atoms with E-state index >= 15 is 0 Å². The van der Waals surface area contributed by atoms with E-state index in [1.165, 1.54) is 6.07 Å². The molecule has 0 aliphatic rings. The molecule has 3 aromatic rings. The summed E-state index contributed by atoms with van der Waals surface area (Å²) in [5.74, 6) is 0.0844. The first-order chi connectivity index (χ1) is 10.1. The van der Waals surface area contributed by atoms with Crippen LogP contribution in [0.2, 0.25) is 0 Å². The average molecular weight is 279 g/mol. The van der Waals surface area contributed by atoms with Gasteiger partial charge in [-0.2, -0.15) is 0 Å². The molecule has 1 heterocycles. The molecular formula is C17H13NO3. The number of aryl methyl sites for hydroxylation is 1. The molecule has 0 amide bonds. The molecular weight excluding hydrogens is 266 g/mol. The SMILES string of the molecule is Cc1cccc(Oc2cc(C(=O)O)nc3ccccc23)c1. The summed E-state index contributed by atoms with van der Waals surface area (Å²) in [7, 11) is 0. The summed E-state index contributed by atoms with van der Waals surface area (Å²) >= 11 is 0. The van der Waals surface area contributed by atoms with Crippen molar-refractivity contribution >= 4 is 16.9 Å². The zero-order valence-electron chi connectivity index (χ0n) is 11.4. The number of para-hydroxylation sites is 1. The van der Waals surface area contributed by atoms with Gasteiger partial charge in [-0.05, 0) is 36.8 Å². The fourth-order valence-corrected chi connectivity index (χ4v) is 2.14. The maximum atomic E-state index is 11.2. The smallest absolute Gasteiger partial charge is 0.354 e. The Balaban J connectivity index is 2.13. The summed E-state index contributed by atoms with van der Waals surface area (Å²) in [5.41, 5.74) is 1.64. The Labute approximate surface area is 121 Å². The van der Waals surface area contributed by atoms with Crippen LogP contribution in [0.1, 0.15) is 16.1 Å². The highest BCUT2D eigenvalue weighted by Gasteiger charge is 2.12. The second-order valence-electron chi connectivity index (χ2n) is 4.75. The van der Waals surface area contributed by atoms with Gasteiger partial charge in [0.05, 0.1) is 5.52 Å². The number of nitrogens with zero attached hydrogens (tertiary/aromatic N) is 1. The molecule has 0 fully saturated rings. The van der Waals surface area contributed by atoms with Gasteiger partial charge in [0.25, 0.3) is 0 Å². The Morgan fingerprint density at radius 2 is 1.90 bits per heavy atom. The summed E-state index contributed by atoms with van der Waals surface area (Å²) in [6.45, 7) is 1.97. The van der Waals surface area contributed by atoms with E-state index < -0.39 is 5.97 Å². The first-order valence-electron chi connectivity index (χ1n) is 6.51. The summed E-state index contributed by atoms with van der Waals surface area (Å²) in [6, 6.07) is 16.4. The molecule has 104 valence electrons. The van der Waals surface area contributed by atoms with Gasteiger partial charge in [-0.25, -0.2) is 9.78 Å². The number of benzene rings is 2. The van der Waals surface area contributed by atoms with Crippen molar-refractivity contribution in [2.75, 3.05) is 0 Å². The monoisotopic (exact) mass is 279 g/mol. The molecule has 0 saturated carbocycles. The van der Waals surface area contributed by atoms with Crippen LogP contribution in [0.3, 0.4) is 0 Å². The molecule has 21 heavy (non-hydrogen) atoms. The molecule has 0 radical (unpaired) electrons. The van der Waals surface area contributed by atoms with Gasteiger partial charge in [-0.3, -0.25) is 0 Å². The molecule has 0 aliphatic carbocycles. The number of carboxylic acid groups (broad SMARTS) is 1. The third kappa shape index (κ3) is 2.69. The highest BCUT2D eigenvalue weighted by molar-refractivity contribution is 5.93. The van der Waals surface area contributed by atoms with Crippen molar-refractivity contribution in [3.05, 3.63) is 65.9 Å². The van der Waals surface area contributed by atoms with Gasteiger partial charge in [0, 0.05) is 11.5 Å². The maximum Gasteiger partial charge on any atom is 0.354 e. The maximum absolute atomic E-state index is 11.2. The number of aromatic carboxylic acids is 1. The van der Waals surface area contributed by atoms with E-state index in [-0.39, 0.29) is 5.69 Å². The number of carbonyl (C=O) groups is 1. The van der Waals surface area contributed by atoms with E-state index in [0.29, 0.717) is 17.0 Å². The van der Waals surface area contributed by atoms with Crippen LogP contribution in [-0.4, -0.2) is 16.1 Å². The van der Waals surface area contributed by atoms with Gasteiger partial charge < -0.3 is 9.84 Å². The van der Waals surface area contributed by atoms with Gasteiger partial charge in [0.15, 0.2) is 5.69 Å². The van der Waals surface area contributed by atoms with E-state index in [9.17, 15) is 4.79 Å². The molecule has 4 nitrogen and oxygen atoms in total. The van der Waals surface area contributed by atoms with Gasteiger partial charge >= 0.3 is 5.97 Å². The minimum atomic E-state index is -1.07. The number of pyridine rings is 1. The van der Waals surface area contributed by atoms with E-state index in [0.717, 1.165) is 10.9 Å². The molecule has 0 saturated heterocycles. The third-order valence-electron chi connectivity index (χ3n) is 3.11. The minimum Gasteiger partial charge on any atom is -0.477 e. The molecule has 0 aliphatic heterocycles. The first kappa shape index (κ1) is 13.1. The van der Waals surface area contributed by atoms with Crippen LogP contribution in [0.5, 0.6) is 11.5 Å². The predicted octanol–water partition coefficient (Wildman–Crippen LogP) is 4.03. The number of rotatable bonds is 3. The van der Waals surface area contributed by atoms with Crippen molar-refractivity contribution in [1.29, 1.82) is 0 Å². The second-order valence-corrected chi connectivity index (χ2v) is 4.75. The fourth-order valence-electron chi connectivity index (χ4n) is 2.14. The Hall–Kier alpha value is -2.88. The first-order valence-corrected chi connectivity index (χ1v) is 6.51. The van der Waals surface area contributed by atoms with Gasteiger partial charge in [0.1, 0.15) is 11.5 Å². The number of ether oxygens (including phenoxy) is 1. The Morgan fingerprint density at radius 3 is 2.67 bits per heavy atom. The number of carboxylic acids is 1. The molecule has 0 unspecified atom stereocenters. The van der Waals surface area contributed by atoms with E-state index in [1.54, 1.807) is 6.07 Å². The van der Waals surface area contributed by atoms with Crippen molar-refractivity contribution in [3.8, 4) is 11.5 Å². The van der Waals surface area contributed by atoms with Crippen molar-refractivity contribution in [2.24, 2.45) is 0 Å². The van der Waals surface area contributed by atoms with Crippen LogP contribution >= 0.6 is 0 Å². The lowest BCUT2D eigenvalue weighted by atomic mass is 10.1. The van der Waals surface area contributed by atoms with Crippen LogP contribution in [0.25, 0.3) is 10.9 Å². The Bertz CT molecular complexity index is 827. The molecule has 1 aromatic heterocycles. The number of fused-ring (bicyclic) bond motifs is 1. The lowest BCUT2D eigenvalue weighted by Crippen LogP contribution is -2.01. The highest BCUT2D eigenvalue weighted by Crippen LogP contribution is 2.30. The number of hydrogen-bond donors (Lipinski definition) is 1. The normalized spacial score (nSPS) is 10.5. The molecule has 3 rings (SSSR count). The highest BCUT2D eigenvalue weighted by atomic mass is 16.5. The summed E-state index contributed by atoms with van der Waals surface area (Å²) in [5, 5.41) is 9.94. The largest absolute Gasteiger partial charge is 0.477 e. The van der Waals surface area contributed by atoms with Crippen LogP contribution in [0.4, 0.5) is 0 Å². The molecule has 0 spiro atoms. The van der Waals surface area contributed by atoms with Crippen LogP contribution in [-0.2, 0) is 0 Å². The zero-order chi connectivity index (χ0) is 14.8. The van der Waals surface area contributed by atoms with Gasteiger partial charge in [-0.15, -0.1) is 0 Å². The van der Waals surface area contributed by atoms with Crippen molar-refractivity contribution in [1.82, 2.24) is 4.98 Å². The fraction of sp³-hybridized carbons (Fsp3) is 0.0588. The van der Waals surface area contributed by atoms with Crippen molar-refractivity contribution in [2.45, 2.75) is 6.92 Å². The van der Waals surface area contributed by atoms with E-state index in [4.69, 9.17) is 9.84 Å². The van der Waals surface area contributed by atoms with Gasteiger partial charge in [-0.1, -0.05) is 24.3 Å². The third-order valence-corrected chi connectivity index (χ3v) is 3.11. The quantitative estimate of drug-likeness (QED) is 0.786. The molecule has 1 N–H and O–H groups in total. The molecule has 4 heteroatoms. The number of aromatic nitrogens is 1. The van der Waals surface area contributed by atoms with E-state index in [2.05, 4.69) is 4.98 Å². The second kappa shape index (κ2) is 5.25. The molecule has 0 atom stereocenters. The number of hydrogen-bond acceptors (Lipinski definition) is 3. The lowest BCUT2D eigenvalue weighted by molar-refractivity contribution is 0.0690. The minimum absolute atomic E-state index is 0.0312. The van der Waals surface area contributed by atoms with Crippen molar-refractivity contribution < 1.29 is 14.6 Å².